The minimum atomic E-state index is -1.01. The molecule has 228 valence electrons. The summed E-state index contributed by atoms with van der Waals surface area (Å²) in [6.07, 6.45) is 5.01. The highest BCUT2D eigenvalue weighted by Gasteiger charge is 2.38. The van der Waals surface area contributed by atoms with E-state index >= 15 is 0 Å². The number of aryl methyl sites for hydroxylation is 1. The third kappa shape index (κ3) is 9.40. The van der Waals surface area contributed by atoms with Crippen molar-refractivity contribution in [2.45, 2.75) is 72.9 Å². The summed E-state index contributed by atoms with van der Waals surface area (Å²) < 4.78 is 0. The van der Waals surface area contributed by atoms with E-state index in [1.807, 2.05) is 101 Å². The monoisotopic (exact) mass is 582 g/mol. The topological polar surface area (TPSA) is 95.5 Å². The molecule has 0 saturated heterocycles. The first kappa shape index (κ1) is 33.3. The van der Waals surface area contributed by atoms with E-state index in [4.69, 9.17) is 0 Å². The van der Waals surface area contributed by atoms with Crippen LogP contribution in [0.1, 0.15) is 76.6 Å². The minimum absolute atomic E-state index is 0.237. The number of allylic oxidation sites excluding steroid dienone is 1. The summed E-state index contributed by atoms with van der Waals surface area (Å²) in [7, 11) is 0. The van der Waals surface area contributed by atoms with Crippen LogP contribution in [0.2, 0.25) is 0 Å². The van der Waals surface area contributed by atoms with Gasteiger partial charge in [0.2, 0.25) is 11.8 Å². The Balaban J connectivity index is 1.79. The van der Waals surface area contributed by atoms with Crippen LogP contribution in [0.3, 0.4) is 0 Å². The van der Waals surface area contributed by atoms with Gasteiger partial charge in [0.05, 0.1) is 17.9 Å². The van der Waals surface area contributed by atoms with Crippen molar-refractivity contribution in [1.29, 1.82) is 0 Å². The molecular formula is C37H46N2O4. The zero-order valence-electron chi connectivity index (χ0n) is 26.3. The first-order valence-electron chi connectivity index (χ1n) is 15.1. The zero-order valence-corrected chi connectivity index (χ0v) is 26.3. The summed E-state index contributed by atoms with van der Waals surface area (Å²) in [4.78, 5) is 39.5. The fourth-order valence-corrected chi connectivity index (χ4v) is 5.33. The van der Waals surface area contributed by atoms with Crippen LogP contribution in [0, 0.1) is 24.2 Å². The van der Waals surface area contributed by atoms with Gasteiger partial charge in [0.25, 0.3) is 0 Å². The Kier molecular flexibility index (Phi) is 11.9. The number of amides is 2. The highest BCUT2D eigenvalue weighted by Crippen LogP contribution is 2.27. The van der Waals surface area contributed by atoms with E-state index < -0.39 is 35.2 Å². The molecule has 43 heavy (non-hydrogen) atoms. The van der Waals surface area contributed by atoms with Gasteiger partial charge >= 0.3 is 5.97 Å². The van der Waals surface area contributed by atoms with Crippen molar-refractivity contribution in [3.05, 3.63) is 102 Å². The summed E-state index contributed by atoms with van der Waals surface area (Å²) in [5, 5.41) is 16.0. The lowest BCUT2D eigenvalue weighted by atomic mass is 9.82. The maximum Gasteiger partial charge on any atom is 0.307 e. The fraction of sp³-hybridized carbons (Fsp3) is 0.378. The maximum atomic E-state index is 13.8. The van der Waals surface area contributed by atoms with E-state index in [1.165, 1.54) is 11.1 Å². The Morgan fingerprint density at radius 2 is 1.47 bits per heavy atom. The van der Waals surface area contributed by atoms with Crippen molar-refractivity contribution in [3.8, 4) is 11.1 Å². The number of carbonyl (C=O) groups excluding carboxylic acids is 2. The molecule has 6 nitrogen and oxygen atoms in total. The van der Waals surface area contributed by atoms with E-state index in [2.05, 4.69) is 41.8 Å². The van der Waals surface area contributed by atoms with Gasteiger partial charge in [-0.1, -0.05) is 125 Å². The average molecular weight is 583 g/mol. The van der Waals surface area contributed by atoms with Crippen molar-refractivity contribution in [3.63, 3.8) is 0 Å². The molecule has 3 aromatic carbocycles. The number of aliphatic carboxylic acids is 1. The predicted octanol–water partition coefficient (Wildman–Crippen LogP) is 7.59. The van der Waals surface area contributed by atoms with Gasteiger partial charge in [-0.3, -0.25) is 14.4 Å². The summed E-state index contributed by atoms with van der Waals surface area (Å²) >= 11 is 0. The van der Waals surface area contributed by atoms with E-state index in [0.29, 0.717) is 12.8 Å². The maximum absolute atomic E-state index is 13.8. The standard InChI is InChI=1S/C37H46N2O4/c1-7-14-32(36(42)43)31(20-13-16-27-21-23-29(24-22-27)30-19-12-11-15-25(30)2)34(40)39-33(37(4,5)6)35(41)38-26(3)28-17-9-8-10-18-28/h8-13,15-19,21-24,26,31-33H,7,14,20H2,1-6H3,(H,38,41)(H,39,40)(H,42,43)/b16-13+/t26-,31-,32+,33-/m1/s1. The predicted molar refractivity (Wildman–Crippen MR) is 174 cm³/mol. The first-order valence-corrected chi connectivity index (χ1v) is 15.1. The molecule has 0 saturated carbocycles. The number of carboxylic acid groups (broad SMARTS) is 1. The second-order valence-electron chi connectivity index (χ2n) is 12.4. The van der Waals surface area contributed by atoms with Gasteiger partial charge in [0.15, 0.2) is 0 Å². The summed E-state index contributed by atoms with van der Waals surface area (Å²) in [5.41, 5.74) is 4.81. The van der Waals surface area contributed by atoms with Gasteiger partial charge in [-0.05, 0) is 59.9 Å². The molecule has 0 aromatic heterocycles. The molecule has 4 atom stereocenters. The van der Waals surface area contributed by atoms with Crippen LogP contribution in [0.25, 0.3) is 17.2 Å². The highest BCUT2D eigenvalue weighted by atomic mass is 16.4. The number of hydrogen-bond acceptors (Lipinski definition) is 3. The van der Waals surface area contributed by atoms with Crippen LogP contribution in [0.15, 0.2) is 84.9 Å². The first-order chi connectivity index (χ1) is 20.4. The van der Waals surface area contributed by atoms with Gasteiger partial charge in [-0.15, -0.1) is 0 Å². The second-order valence-corrected chi connectivity index (χ2v) is 12.4. The number of carboxylic acids is 1. The SMILES string of the molecule is CCC[C@H](C(=O)O)[C@@H](C/C=C/c1ccc(-c2ccccc2C)cc1)C(=O)N[C@H](C(=O)N[C@H](C)c1ccccc1)C(C)(C)C. The van der Waals surface area contributed by atoms with Gasteiger partial charge in [-0.25, -0.2) is 0 Å². The molecule has 0 aliphatic heterocycles. The quantitative estimate of drug-likeness (QED) is 0.193. The van der Waals surface area contributed by atoms with Crippen molar-refractivity contribution in [2.75, 3.05) is 0 Å². The number of nitrogens with one attached hydrogen (secondary N) is 2. The largest absolute Gasteiger partial charge is 0.481 e. The van der Waals surface area contributed by atoms with Crippen molar-refractivity contribution in [2.24, 2.45) is 17.3 Å². The van der Waals surface area contributed by atoms with Crippen LogP contribution in [0.5, 0.6) is 0 Å². The Bertz CT molecular complexity index is 1390. The number of hydrogen-bond donors (Lipinski definition) is 3. The van der Waals surface area contributed by atoms with Crippen LogP contribution in [-0.2, 0) is 14.4 Å². The van der Waals surface area contributed by atoms with Crippen LogP contribution >= 0.6 is 0 Å². The Hall–Kier alpha value is -4.19. The Morgan fingerprint density at radius 3 is 2.05 bits per heavy atom. The third-order valence-electron chi connectivity index (χ3n) is 7.88. The molecule has 0 heterocycles. The van der Waals surface area contributed by atoms with Gasteiger partial charge in [0, 0.05) is 0 Å². The Morgan fingerprint density at radius 1 is 0.837 bits per heavy atom. The minimum Gasteiger partial charge on any atom is -0.481 e. The van der Waals surface area contributed by atoms with E-state index in [0.717, 1.165) is 16.7 Å². The van der Waals surface area contributed by atoms with E-state index in [1.54, 1.807) is 0 Å². The zero-order chi connectivity index (χ0) is 31.6. The summed E-state index contributed by atoms with van der Waals surface area (Å²) in [6, 6.07) is 24.9. The molecule has 0 fully saturated rings. The lowest BCUT2D eigenvalue weighted by Gasteiger charge is -2.33. The number of benzene rings is 3. The smallest absolute Gasteiger partial charge is 0.307 e. The molecular weight excluding hydrogens is 536 g/mol. The van der Waals surface area contributed by atoms with Gasteiger partial charge < -0.3 is 15.7 Å². The summed E-state index contributed by atoms with van der Waals surface area (Å²) in [5.74, 6) is -3.44. The lowest BCUT2D eigenvalue weighted by molar-refractivity contribution is -0.148. The molecule has 3 N–H and O–H groups in total. The number of carbonyl (C=O) groups is 3. The molecule has 0 radical (unpaired) electrons. The van der Waals surface area contributed by atoms with Crippen LogP contribution in [-0.4, -0.2) is 28.9 Å². The average Bonchev–Trinajstić information content (AvgIpc) is 2.97. The molecule has 6 heteroatoms. The van der Waals surface area contributed by atoms with E-state index in [9.17, 15) is 19.5 Å². The third-order valence-corrected chi connectivity index (χ3v) is 7.88. The fourth-order valence-electron chi connectivity index (χ4n) is 5.33. The molecule has 2 amide bonds. The second kappa shape index (κ2) is 15.3. The summed E-state index contributed by atoms with van der Waals surface area (Å²) in [6.45, 7) is 11.6. The van der Waals surface area contributed by atoms with E-state index in [-0.39, 0.29) is 18.4 Å². The molecule has 0 aliphatic carbocycles. The lowest BCUT2D eigenvalue weighted by Crippen LogP contribution is -2.55. The Labute approximate surface area is 256 Å². The van der Waals surface area contributed by atoms with Crippen molar-refractivity contribution < 1.29 is 19.5 Å². The number of rotatable bonds is 13. The van der Waals surface area contributed by atoms with Crippen molar-refractivity contribution >= 4 is 23.9 Å². The highest BCUT2D eigenvalue weighted by molar-refractivity contribution is 5.91. The van der Waals surface area contributed by atoms with Crippen molar-refractivity contribution in [1.82, 2.24) is 10.6 Å². The van der Waals surface area contributed by atoms with Gasteiger partial charge in [0.1, 0.15) is 6.04 Å². The molecule has 0 spiro atoms. The normalized spacial score (nSPS) is 14.5. The molecule has 0 aliphatic rings. The molecule has 0 bridgehead atoms. The molecule has 0 unspecified atom stereocenters. The van der Waals surface area contributed by atoms with Crippen LogP contribution in [0.4, 0.5) is 0 Å². The molecule has 3 aromatic rings. The van der Waals surface area contributed by atoms with Gasteiger partial charge in [-0.2, -0.15) is 0 Å². The molecule has 3 rings (SSSR count). The van der Waals surface area contributed by atoms with Crippen LogP contribution < -0.4 is 10.6 Å².